The van der Waals surface area contributed by atoms with Crippen molar-refractivity contribution in [2.24, 2.45) is 0 Å². The maximum Gasteiger partial charge on any atom is 0.265 e. The van der Waals surface area contributed by atoms with Crippen molar-refractivity contribution in [1.82, 2.24) is 0 Å². The van der Waals surface area contributed by atoms with Crippen LogP contribution in [0.1, 0.15) is 45.8 Å². The highest BCUT2D eigenvalue weighted by molar-refractivity contribution is 8.00. The summed E-state index contributed by atoms with van der Waals surface area (Å²) in [6.45, 7) is 4.29. The van der Waals surface area contributed by atoms with Gasteiger partial charge in [0, 0.05) is 16.3 Å². The smallest absolute Gasteiger partial charge is 0.265 e. The van der Waals surface area contributed by atoms with E-state index in [-0.39, 0.29) is 11.8 Å². The van der Waals surface area contributed by atoms with Gasteiger partial charge in [-0.25, -0.2) is 0 Å². The number of carbonyl (C=O) groups is 2. The molecule has 6 heteroatoms. The Morgan fingerprint density at radius 3 is 2.00 bits per heavy atom. The number of thioether (sulfide) groups is 1. The van der Waals surface area contributed by atoms with Gasteiger partial charge >= 0.3 is 0 Å². The summed E-state index contributed by atoms with van der Waals surface area (Å²) in [6.07, 6.45) is 0. The van der Waals surface area contributed by atoms with Crippen molar-refractivity contribution >= 4 is 46.3 Å². The number of hydrogen-bond donors (Lipinski definition) is 2. The normalized spacial score (nSPS) is 11.7. The minimum Gasteiger partial charge on any atom is -0.325 e. The van der Waals surface area contributed by atoms with Gasteiger partial charge in [-0.15, -0.1) is 23.1 Å². The number of anilines is 2. The van der Waals surface area contributed by atoms with Gasteiger partial charge in [-0.3, -0.25) is 9.59 Å². The molecule has 1 atom stereocenters. The molecule has 0 aliphatic rings. The Hall–Kier alpha value is -3.35. The summed E-state index contributed by atoms with van der Waals surface area (Å²) in [6, 6.07) is 29.0. The molecule has 3 aromatic carbocycles. The van der Waals surface area contributed by atoms with Crippen LogP contribution in [-0.2, 0) is 4.79 Å². The van der Waals surface area contributed by atoms with Gasteiger partial charge in [0.15, 0.2) is 0 Å². The van der Waals surface area contributed by atoms with Gasteiger partial charge in [0.2, 0.25) is 5.91 Å². The molecule has 2 amide bonds. The summed E-state index contributed by atoms with van der Waals surface area (Å²) in [7, 11) is 0. The molecule has 0 bridgehead atoms. The second kappa shape index (κ2) is 11.2. The summed E-state index contributed by atoms with van der Waals surface area (Å²) in [5, 5.41) is 7.43. The lowest BCUT2D eigenvalue weighted by Gasteiger charge is -2.18. The lowest BCUT2D eigenvalue weighted by atomic mass is 10.0. The van der Waals surface area contributed by atoms with Crippen molar-refractivity contribution in [2.45, 2.75) is 29.9 Å². The Bertz CT molecular complexity index is 1220. The molecule has 172 valence electrons. The van der Waals surface area contributed by atoms with Crippen molar-refractivity contribution < 1.29 is 9.59 Å². The number of nitrogens with one attached hydrogen (secondary N) is 2. The zero-order valence-electron chi connectivity index (χ0n) is 19.0. The van der Waals surface area contributed by atoms with Crippen LogP contribution in [0.25, 0.3) is 0 Å². The molecule has 0 fully saturated rings. The number of rotatable bonds is 8. The van der Waals surface area contributed by atoms with Crippen LogP contribution in [0.2, 0.25) is 0 Å². The molecule has 1 aromatic heterocycles. The van der Waals surface area contributed by atoms with Gasteiger partial charge in [0.05, 0.1) is 4.88 Å². The molecular formula is C28H26N2O2S2. The Morgan fingerprint density at radius 1 is 0.735 bits per heavy atom. The summed E-state index contributed by atoms with van der Waals surface area (Å²) in [5.74, 6) is 0.236. The van der Waals surface area contributed by atoms with Crippen LogP contribution in [-0.4, -0.2) is 11.8 Å². The van der Waals surface area contributed by atoms with Crippen molar-refractivity contribution in [3.63, 3.8) is 0 Å². The van der Waals surface area contributed by atoms with E-state index in [1.165, 1.54) is 28.7 Å². The van der Waals surface area contributed by atoms with E-state index >= 15 is 0 Å². The highest BCUT2D eigenvalue weighted by atomic mass is 32.2. The van der Waals surface area contributed by atoms with E-state index in [1.807, 2.05) is 90.3 Å². The molecule has 0 radical (unpaired) electrons. The van der Waals surface area contributed by atoms with Crippen molar-refractivity contribution in [2.75, 3.05) is 10.6 Å². The fraction of sp³-hybridized carbons (Fsp3) is 0.143. The van der Waals surface area contributed by atoms with Crippen LogP contribution >= 0.6 is 23.1 Å². The van der Waals surface area contributed by atoms with Crippen LogP contribution in [0.4, 0.5) is 11.4 Å². The molecule has 0 aliphatic heterocycles. The Kier molecular flexibility index (Phi) is 7.83. The third kappa shape index (κ3) is 6.16. The van der Waals surface area contributed by atoms with Gasteiger partial charge in [-0.2, -0.15) is 0 Å². The molecule has 2 N–H and O–H groups in total. The maximum absolute atomic E-state index is 13.3. The van der Waals surface area contributed by atoms with Crippen molar-refractivity contribution in [3.8, 4) is 0 Å². The summed E-state index contributed by atoms with van der Waals surface area (Å²) in [5.41, 5.74) is 3.66. The molecule has 0 saturated carbocycles. The Labute approximate surface area is 208 Å². The lowest BCUT2D eigenvalue weighted by Crippen LogP contribution is -2.19. The average molecular weight is 487 g/mol. The van der Waals surface area contributed by atoms with E-state index in [2.05, 4.69) is 24.5 Å². The second-order valence-corrected chi connectivity index (χ2v) is 10.3. The van der Waals surface area contributed by atoms with Crippen molar-refractivity contribution in [3.05, 3.63) is 112 Å². The molecular weight excluding hydrogens is 460 g/mol. The molecule has 0 aliphatic carbocycles. The minimum absolute atomic E-state index is 0.0800. The van der Waals surface area contributed by atoms with E-state index in [4.69, 9.17) is 0 Å². The number of amides is 2. The van der Waals surface area contributed by atoms with E-state index < -0.39 is 5.25 Å². The third-order valence-corrected chi connectivity index (χ3v) is 7.43. The quantitative estimate of drug-likeness (QED) is 0.252. The molecule has 0 spiro atoms. The SMILES string of the molecule is CC(C)c1ccc(NC(=O)C(Sc2ccc(NC(=O)c3cccs3)cc2)c2ccccc2)cc1. The maximum atomic E-state index is 13.3. The molecule has 4 aromatic rings. The van der Waals surface area contributed by atoms with Gasteiger partial charge in [0.1, 0.15) is 5.25 Å². The fourth-order valence-electron chi connectivity index (χ4n) is 3.41. The third-order valence-electron chi connectivity index (χ3n) is 5.30. The first-order chi connectivity index (χ1) is 16.5. The van der Waals surface area contributed by atoms with Crippen molar-refractivity contribution in [1.29, 1.82) is 0 Å². The van der Waals surface area contributed by atoms with E-state index in [0.717, 1.165) is 16.1 Å². The molecule has 4 rings (SSSR count). The summed E-state index contributed by atoms with van der Waals surface area (Å²) >= 11 is 2.88. The molecule has 1 unspecified atom stereocenters. The summed E-state index contributed by atoms with van der Waals surface area (Å²) in [4.78, 5) is 27.2. The Balaban J connectivity index is 1.48. The predicted octanol–water partition coefficient (Wildman–Crippen LogP) is 7.60. The highest BCUT2D eigenvalue weighted by Gasteiger charge is 2.22. The molecule has 0 saturated heterocycles. The number of carbonyl (C=O) groups excluding carboxylic acids is 2. The lowest BCUT2D eigenvalue weighted by molar-refractivity contribution is -0.115. The molecule has 4 nitrogen and oxygen atoms in total. The first-order valence-electron chi connectivity index (χ1n) is 11.1. The van der Waals surface area contributed by atoms with Crippen LogP contribution in [0.5, 0.6) is 0 Å². The monoisotopic (exact) mass is 486 g/mol. The van der Waals surface area contributed by atoms with Gasteiger partial charge in [-0.05, 0) is 64.9 Å². The van der Waals surface area contributed by atoms with Crippen LogP contribution in [0.15, 0.2) is 101 Å². The number of benzene rings is 3. The number of thiophene rings is 1. The zero-order valence-corrected chi connectivity index (χ0v) is 20.7. The zero-order chi connectivity index (χ0) is 23.9. The standard InChI is InChI=1S/C28H26N2O2S2/c1-19(2)20-10-12-22(13-11-20)30-28(32)26(21-7-4-3-5-8-21)34-24-16-14-23(15-17-24)29-27(31)25-9-6-18-33-25/h3-19,26H,1-2H3,(H,29,31)(H,30,32). The topological polar surface area (TPSA) is 58.2 Å². The van der Waals surface area contributed by atoms with Crippen LogP contribution < -0.4 is 10.6 Å². The summed E-state index contributed by atoms with van der Waals surface area (Å²) < 4.78 is 0. The minimum atomic E-state index is -0.419. The van der Waals surface area contributed by atoms with E-state index in [9.17, 15) is 9.59 Å². The van der Waals surface area contributed by atoms with Crippen LogP contribution in [0, 0.1) is 0 Å². The first kappa shape index (κ1) is 23.8. The van der Waals surface area contributed by atoms with Crippen LogP contribution in [0.3, 0.4) is 0 Å². The average Bonchev–Trinajstić information content (AvgIpc) is 3.40. The van der Waals surface area contributed by atoms with E-state index in [0.29, 0.717) is 16.5 Å². The van der Waals surface area contributed by atoms with Gasteiger partial charge < -0.3 is 10.6 Å². The fourth-order valence-corrected chi connectivity index (χ4v) is 5.06. The van der Waals surface area contributed by atoms with Gasteiger partial charge in [-0.1, -0.05) is 62.4 Å². The molecule has 34 heavy (non-hydrogen) atoms. The molecule has 1 heterocycles. The highest BCUT2D eigenvalue weighted by Crippen LogP contribution is 2.37. The van der Waals surface area contributed by atoms with Gasteiger partial charge in [0.25, 0.3) is 5.91 Å². The Morgan fingerprint density at radius 2 is 1.38 bits per heavy atom. The number of hydrogen-bond acceptors (Lipinski definition) is 4. The predicted molar refractivity (Wildman–Crippen MR) is 143 cm³/mol. The first-order valence-corrected chi connectivity index (χ1v) is 12.8. The second-order valence-electron chi connectivity index (χ2n) is 8.13. The largest absolute Gasteiger partial charge is 0.325 e. The van der Waals surface area contributed by atoms with E-state index in [1.54, 1.807) is 6.07 Å².